The zero-order valence-corrected chi connectivity index (χ0v) is 13.2. The third-order valence-electron chi connectivity index (χ3n) is 3.95. The fraction of sp³-hybridized carbons (Fsp3) is 0.263. The molecule has 2 aromatic rings. The van der Waals surface area contributed by atoms with Crippen LogP contribution in [-0.4, -0.2) is 10.9 Å². The lowest BCUT2D eigenvalue weighted by Gasteiger charge is -2.17. The number of hydrogen-bond donors (Lipinski definition) is 1. The van der Waals surface area contributed by atoms with Gasteiger partial charge in [0.15, 0.2) is 0 Å². The smallest absolute Gasteiger partial charge is 0.224 e. The van der Waals surface area contributed by atoms with Crippen molar-refractivity contribution in [3.63, 3.8) is 0 Å². The number of amides is 1. The lowest BCUT2D eigenvalue weighted by atomic mass is 9.93. The van der Waals surface area contributed by atoms with Crippen LogP contribution < -0.4 is 10.1 Å². The molecule has 1 atom stereocenters. The van der Waals surface area contributed by atoms with Crippen LogP contribution in [0.5, 0.6) is 11.6 Å². The first-order chi connectivity index (χ1) is 11.7. The second-order valence-electron chi connectivity index (χ2n) is 5.73. The Morgan fingerprint density at radius 3 is 3.00 bits per heavy atom. The monoisotopic (exact) mass is 326 g/mol. The predicted octanol–water partition coefficient (Wildman–Crippen LogP) is 3.99. The summed E-state index contributed by atoms with van der Waals surface area (Å²) in [5.74, 6) is 0.438. The highest BCUT2D eigenvalue weighted by Gasteiger charge is 2.18. The van der Waals surface area contributed by atoms with Crippen LogP contribution >= 0.6 is 0 Å². The Morgan fingerprint density at radius 2 is 2.21 bits per heavy atom. The summed E-state index contributed by atoms with van der Waals surface area (Å²) in [5, 5.41) is 2.94. The first-order valence-electron chi connectivity index (χ1n) is 8.02. The lowest BCUT2D eigenvalue weighted by molar-refractivity contribution is -0.125. The fourth-order valence-electron chi connectivity index (χ4n) is 2.65. The molecular formula is C19H19FN2O2. The summed E-state index contributed by atoms with van der Waals surface area (Å²) in [5.41, 5.74) is 0.751. The van der Waals surface area contributed by atoms with Crippen molar-refractivity contribution in [2.75, 3.05) is 0 Å². The number of nitrogens with zero attached hydrogens (tertiary/aromatic N) is 1. The number of ether oxygens (including phenoxy) is 1. The molecule has 0 bridgehead atoms. The first kappa shape index (κ1) is 16.2. The predicted molar refractivity (Wildman–Crippen MR) is 89.0 cm³/mol. The molecule has 1 aliphatic rings. The first-order valence-corrected chi connectivity index (χ1v) is 8.02. The van der Waals surface area contributed by atoms with E-state index in [1.165, 1.54) is 12.1 Å². The fourth-order valence-corrected chi connectivity index (χ4v) is 2.65. The molecule has 0 aliphatic heterocycles. The SMILES string of the molecule is O=C(NCc1cccnc1Oc1cccc(F)c1)[C@H]1CC=CCC1. The Bertz CT molecular complexity index is 746. The van der Waals surface area contributed by atoms with E-state index in [-0.39, 0.29) is 17.6 Å². The second-order valence-corrected chi connectivity index (χ2v) is 5.73. The normalized spacial score (nSPS) is 16.6. The van der Waals surface area contributed by atoms with Gasteiger partial charge in [-0.3, -0.25) is 4.79 Å². The number of hydrogen-bond acceptors (Lipinski definition) is 3. The van der Waals surface area contributed by atoms with Crippen molar-refractivity contribution in [3.05, 3.63) is 66.1 Å². The van der Waals surface area contributed by atoms with Gasteiger partial charge in [-0.1, -0.05) is 24.3 Å². The van der Waals surface area contributed by atoms with E-state index in [4.69, 9.17) is 4.74 Å². The van der Waals surface area contributed by atoms with Gasteiger partial charge in [0.25, 0.3) is 0 Å². The zero-order chi connectivity index (χ0) is 16.8. The van der Waals surface area contributed by atoms with Gasteiger partial charge >= 0.3 is 0 Å². The van der Waals surface area contributed by atoms with Crippen molar-refractivity contribution < 1.29 is 13.9 Å². The van der Waals surface area contributed by atoms with E-state index in [9.17, 15) is 9.18 Å². The maximum atomic E-state index is 13.3. The van der Waals surface area contributed by atoms with Crippen molar-refractivity contribution in [2.45, 2.75) is 25.8 Å². The topological polar surface area (TPSA) is 51.2 Å². The van der Waals surface area contributed by atoms with Crippen LogP contribution in [0.2, 0.25) is 0 Å². The highest BCUT2D eigenvalue weighted by atomic mass is 19.1. The number of pyridine rings is 1. The number of halogens is 1. The van der Waals surface area contributed by atoms with Crippen LogP contribution in [0.15, 0.2) is 54.7 Å². The quantitative estimate of drug-likeness (QED) is 0.845. The van der Waals surface area contributed by atoms with Gasteiger partial charge in [-0.25, -0.2) is 9.37 Å². The molecule has 0 unspecified atom stereocenters. The number of carbonyl (C=O) groups is 1. The van der Waals surface area contributed by atoms with Crippen molar-refractivity contribution in [3.8, 4) is 11.6 Å². The Morgan fingerprint density at radius 1 is 1.29 bits per heavy atom. The molecule has 1 amide bonds. The van der Waals surface area contributed by atoms with Gasteiger partial charge < -0.3 is 10.1 Å². The molecule has 5 heteroatoms. The molecule has 1 aliphatic carbocycles. The van der Waals surface area contributed by atoms with Crippen LogP contribution in [0.1, 0.15) is 24.8 Å². The Hall–Kier alpha value is -2.69. The number of rotatable bonds is 5. The number of nitrogens with one attached hydrogen (secondary N) is 1. The zero-order valence-electron chi connectivity index (χ0n) is 13.2. The average molecular weight is 326 g/mol. The Balaban J connectivity index is 1.65. The molecule has 3 rings (SSSR count). The van der Waals surface area contributed by atoms with Gasteiger partial charge in [0.1, 0.15) is 11.6 Å². The van der Waals surface area contributed by atoms with Gasteiger partial charge in [0.2, 0.25) is 11.8 Å². The van der Waals surface area contributed by atoms with Crippen LogP contribution in [0.4, 0.5) is 4.39 Å². The number of aromatic nitrogens is 1. The summed E-state index contributed by atoms with van der Waals surface area (Å²) >= 11 is 0. The van der Waals surface area contributed by atoms with Gasteiger partial charge in [0, 0.05) is 30.3 Å². The van der Waals surface area contributed by atoms with E-state index in [2.05, 4.69) is 22.5 Å². The molecule has 0 radical (unpaired) electrons. The third-order valence-corrected chi connectivity index (χ3v) is 3.95. The maximum Gasteiger partial charge on any atom is 0.224 e. The molecule has 1 heterocycles. The van der Waals surface area contributed by atoms with Crippen LogP contribution in [0, 0.1) is 11.7 Å². The summed E-state index contributed by atoms with van der Waals surface area (Å²) in [7, 11) is 0. The Labute approximate surface area is 140 Å². The third kappa shape index (κ3) is 4.19. The molecule has 1 aromatic heterocycles. The number of benzene rings is 1. The van der Waals surface area contributed by atoms with Crippen LogP contribution in [0.25, 0.3) is 0 Å². The molecular weight excluding hydrogens is 307 g/mol. The molecule has 0 saturated heterocycles. The highest BCUT2D eigenvalue weighted by molar-refractivity contribution is 5.79. The van der Waals surface area contributed by atoms with E-state index in [1.54, 1.807) is 24.4 Å². The van der Waals surface area contributed by atoms with Crippen LogP contribution in [-0.2, 0) is 11.3 Å². The van der Waals surface area contributed by atoms with Crippen molar-refractivity contribution in [2.24, 2.45) is 5.92 Å². The molecule has 24 heavy (non-hydrogen) atoms. The molecule has 124 valence electrons. The molecule has 1 aromatic carbocycles. The van der Waals surface area contributed by atoms with Crippen molar-refractivity contribution in [1.82, 2.24) is 10.3 Å². The summed E-state index contributed by atoms with van der Waals surface area (Å²) in [6.45, 7) is 0.331. The summed E-state index contributed by atoms with van der Waals surface area (Å²) in [6, 6.07) is 9.50. The van der Waals surface area contributed by atoms with Gasteiger partial charge in [-0.15, -0.1) is 0 Å². The molecule has 0 saturated carbocycles. The van der Waals surface area contributed by atoms with Crippen LogP contribution in [0.3, 0.4) is 0 Å². The second kappa shape index (κ2) is 7.73. The number of carbonyl (C=O) groups excluding carboxylic acids is 1. The maximum absolute atomic E-state index is 13.3. The summed E-state index contributed by atoms with van der Waals surface area (Å²) in [4.78, 5) is 16.4. The van der Waals surface area contributed by atoms with Crippen molar-refractivity contribution in [1.29, 1.82) is 0 Å². The minimum Gasteiger partial charge on any atom is -0.439 e. The van der Waals surface area contributed by atoms with Gasteiger partial charge in [-0.2, -0.15) is 0 Å². The standard InChI is InChI=1S/C19H19FN2O2/c20-16-9-4-10-17(12-16)24-19-15(8-5-11-21-19)13-22-18(23)14-6-2-1-3-7-14/h1-2,4-5,8-12,14H,3,6-7,13H2,(H,22,23)/t14-/m0/s1. The van der Waals surface area contributed by atoms with Gasteiger partial charge in [0.05, 0.1) is 0 Å². The molecule has 0 fully saturated rings. The average Bonchev–Trinajstić information content (AvgIpc) is 2.61. The summed E-state index contributed by atoms with van der Waals surface area (Å²) in [6.07, 6.45) is 8.37. The van der Waals surface area contributed by atoms with E-state index in [0.717, 1.165) is 24.8 Å². The Kier molecular flexibility index (Phi) is 5.21. The van der Waals surface area contributed by atoms with E-state index in [1.807, 2.05) is 6.07 Å². The minimum atomic E-state index is -0.372. The summed E-state index contributed by atoms with van der Waals surface area (Å²) < 4.78 is 18.9. The number of allylic oxidation sites excluding steroid dienone is 2. The molecule has 1 N–H and O–H groups in total. The van der Waals surface area contributed by atoms with E-state index in [0.29, 0.717) is 18.2 Å². The molecule has 4 nitrogen and oxygen atoms in total. The largest absolute Gasteiger partial charge is 0.439 e. The van der Waals surface area contributed by atoms with Crippen molar-refractivity contribution >= 4 is 5.91 Å². The molecule has 0 spiro atoms. The van der Waals surface area contributed by atoms with Gasteiger partial charge in [-0.05, 0) is 37.5 Å². The van der Waals surface area contributed by atoms with E-state index >= 15 is 0 Å². The van der Waals surface area contributed by atoms with E-state index < -0.39 is 0 Å². The lowest BCUT2D eigenvalue weighted by Crippen LogP contribution is -2.30. The minimum absolute atomic E-state index is 0.0271. The highest BCUT2D eigenvalue weighted by Crippen LogP contribution is 2.24.